The Kier molecular flexibility index (Phi) is 4.32. The highest BCUT2D eigenvalue weighted by molar-refractivity contribution is 5.94. The Hall–Kier alpha value is -2.89. The highest BCUT2D eigenvalue weighted by Gasteiger charge is 2.28. The molecular formula is C20H21N5O. The molecule has 1 aliphatic rings. The maximum Gasteiger partial charge on any atom is 0.255 e. The molecule has 132 valence electrons. The van der Waals surface area contributed by atoms with E-state index in [2.05, 4.69) is 15.0 Å². The van der Waals surface area contributed by atoms with Gasteiger partial charge in [0.15, 0.2) is 5.65 Å². The second-order valence-corrected chi connectivity index (χ2v) is 6.81. The maximum atomic E-state index is 12.9. The number of likely N-dealkylation sites (tertiary alicyclic amines) is 1. The third-order valence-corrected chi connectivity index (χ3v) is 4.87. The lowest BCUT2D eigenvalue weighted by Gasteiger charge is -2.33. The van der Waals surface area contributed by atoms with Gasteiger partial charge in [0.25, 0.3) is 5.91 Å². The summed E-state index contributed by atoms with van der Waals surface area (Å²) < 4.78 is 0. The van der Waals surface area contributed by atoms with Gasteiger partial charge in [0.2, 0.25) is 0 Å². The van der Waals surface area contributed by atoms with Gasteiger partial charge in [-0.3, -0.25) is 9.78 Å². The van der Waals surface area contributed by atoms with E-state index in [0.717, 1.165) is 47.6 Å². The van der Waals surface area contributed by atoms with Gasteiger partial charge in [0.05, 0.1) is 11.3 Å². The molecule has 0 spiro atoms. The summed E-state index contributed by atoms with van der Waals surface area (Å²) >= 11 is 0. The van der Waals surface area contributed by atoms with E-state index in [1.165, 1.54) is 0 Å². The standard InChI is InChI=1S/C20H21N5O/c1-13-7-8-15(11-22-13)20(26)25-10-4-5-16(12-25)18-17-6-3-9-21-19(17)24-14(2)23-18/h3,6-9,11,16H,4-5,10,12H2,1-2H3/t16-/m1/s1. The van der Waals surface area contributed by atoms with Crippen LogP contribution < -0.4 is 0 Å². The van der Waals surface area contributed by atoms with Crippen LogP contribution >= 0.6 is 0 Å². The van der Waals surface area contributed by atoms with Gasteiger partial charge in [-0.1, -0.05) is 0 Å². The number of piperidine rings is 1. The Bertz CT molecular complexity index is 954. The van der Waals surface area contributed by atoms with Gasteiger partial charge in [-0.15, -0.1) is 0 Å². The van der Waals surface area contributed by atoms with Crippen molar-refractivity contribution in [3.63, 3.8) is 0 Å². The number of aryl methyl sites for hydroxylation is 2. The lowest BCUT2D eigenvalue weighted by molar-refractivity contribution is 0.0706. The van der Waals surface area contributed by atoms with Crippen LogP contribution in [-0.4, -0.2) is 43.8 Å². The number of fused-ring (bicyclic) bond motifs is 1. The molecule has 1 aliphatic heterocycles. The van der Waals surface area contributed by atoms with Crippen molar-refractivity contribution in [2.75, 3.05) is 13.1 Å². The summed E-state index contributed by atoms with van der Waals surface area (Å²) in [6.45, 7) is 5.24. The second kappa shape index (κ2) is 6.78. The van der Waals surface area contributed by atoms with Gasteiger partial charge in [0, 0.05) is 42.5 Å². The predicted molar refractivity (Wildman–Crippen MR) is 98.9 cm³/mol. The fourth-order valence-corrected chi connectivity index (χ4v) is 3.57. The van der Waals surface area contributed by atoms with E-state index in [9.17, 15) is 4.79 Å². The molecule has 0 unspecified atom stereocenters. The van der Waals surface area contributed by atoms with E-state index in [-0.39, 0.29) is 11.8 Å². The van der Waals surface area contributed by atoms with Crippen molar-refractivity contribution in [3.05, 3.63) is 59.4 Å². The molecule has 0 bridgehead atoms. The van der Waals surface area contributed by atoms with Crippen LogP contribution in [0.2, 0.25) is 0 Å². The average Bonchev–Trinajstić information content (AvgIpc) is 2.67. The molecule has 1 saturated heterocycles. The van der Waals surface area contributed by atoms with E-state index in [4.69, 9.17) is 4.98 Å². The zero-order valence-corrected chi connectivity index (χ0v) is 15.0. The maximum absolute atomic E-state index is 12.9. The van der Waals surface area contributed by atoms with Gasteiger partial charge < -0.3 is 4.90 Å². The highest BCUT2D eigenvalue weighted by atomic mass is 16.2. The quantitative estimate of drug-likeness (QED) is 0.712. The lowest BCUT2D eigenvalue weighted by Crippen LogP contribution is -2.39. The molecule has 3 aromatic rings. The Morgan fingerprint density at radius 2 is 2.04 bits per heavy atom. The molecule has 6 heteroatoms. The van der Waals surface area contributed by atoms with Crippen molar-refractivity contribution in [2.24, 2.45) is 0 Å². The number of carbonyl (C=O) groups is 1. The highest BCUT2D eigenvalue weighted by Crippen LogP contribution is 2.30. The van der Waals surface area contributed by atoms with Crippen molar-refractivity contribution in [3.8, 4) is 0 Å². The SMILES string of the molecule is Cc1ccc(C(=O)N2CCC[C@@H](c3nc(C)nc4ncccc34)C2)cn1. The number of carbonyl (C=O) groups excluding carboxylic acids is 1. The van der Waals surface area contributed by atoms with E-state index in [0.29, 0.717) is 12.1 Å². The number of aromatic nitrogens is 4. The van der Waals surface area contributed by atoms with E-state index in [1.54, 1.807) is 12.4 Å². The first-order valence-corrected chi connectivity index (χ1v) is 8.93. The molecule has 0 radical (unpaired) electrons. The molecule has 4 rings (SSSR count). The first-order valence-electron chi connectivity index (χ1n) is 8.93. The summed E-state index contributed by atoms with van der Waals surface area (Å²) in [5.41, 5.74) is 3.27. The molecule has 0 N–H and O–H groups in total. The zero-order valence-electron chi connectivity index (χ0n) is 15.0. The van der Waals surface area contributed by atoms with E-state index >= 15 is 0 Å². The Morgan fingerprint density at radius 1 is 1.15 bits per heavy atom. The Labute approximate surface area is 152 Å². The molecule has 0 aliphatic carbocycles. The van der Waals surface area contributed by atoms with Crippen LogP contribution in [0, 0.1) is 13.8 Å². The van der Waals surface area contributed by atoms with Crippen molar-refractivity contribution < 1.29 is 4.79 Å². The fraction of sp³-hybridized carbons (Fsp3) is 0.350. The van der Waals surface area contributed by atoms with Crippen LogP contribution in [0.4, 0.5) is 0 Å². The molecule has 1 atom stereocenters. The minimum atomic E-state index is 0.0374. The van der Waals surface area contributed by atoms with Crippen LogP contribution in [-0.2, 0) is 0 Å². The van der Waals surface area contributed by atoms with Crippen LogP contribution in [0.25, 0.3) is 11.0 Å². The van der Waals surface area contributed by atoms with Crippen molar-refractivity contribution >= 4 is 16.9 Å². The third-order valence-electron chi connectivity index (χ3n) is 4.87. The number of nitrogens with zero attached hydrogens (tertiary/aromatic N) is 5. The summed E-state index contributed by atoms with van der Waals surface area (Å²) in [5.74, 6) is 0.951. The molecular weight excluding hydrogens is 326 g/mol. The summed E-state index contributed by atoms with van der Waals surface area (Å²) in [7, 11) is 0. The van der Waals surface area contributed by atoms with Crippen molar-refractivity contribution in [1.82, 2.24) is 24.8 Å². The van der Waals surface area contributed by atoms with E-state index in [1.807, 2.05) is 43.0 Å². The Balaban J connectivity index is 1.63. The van der Waals surface area contributed by atoms with Crippen LogP contribution in [0.3, 0.4) is 0 Å². The monoisotopic (exact) mass is 347 g/mol. The minimum Gasteiger partial charge on any atom is -0.338 e. The number of amides is 1. The molecule has 1 amide bonds. The average molecular weight is 347 g/mol. The molecule has 0 aromatic carbocycles. The lowest BCUT2D eigenvalue weighted by atomic mass is 9.92. The number of rotatable bonds is 2. The topological polar surface area (TPSA) is 71.9 Å². The molecule has 4 heterocycles. The summed E-state index contributed by atoms with van der Waals surface area (Å²) in [5, 5.41) is 0.981. The first kappa shape index (κ1) is 16.6. The number of hydrogen-bond donors (Lipinski definition) is 0. The minimum absolute atomic E-state index is 0.0374. The normalized spacial score (nSPS) is 17.5. The largest absolute Gasteiger partial charge is 0.338 e. The van der Waals surface area contributed by atoms with Gasteiger partial charge in [-0.25, -0.2) is 15.0 Å². The predicted octanol–water partition coefficient (Wildman–Crippen LogP) is 3.06. The summed E-state index contributed by atoms with van der Waals surface area (Å²) in [6.07, 6.45) is 5.38. The van der Waals surface area contributed by atoms with Gasteiger partial charge in [-0.05, 0) is 51.0 Å². The Morgan fingerprint density at radius 3 is 2.85 bits per heavy atom. The molecule has 26 heavy (non-hydrogen) atoms. The fourth-order valence-electron chi connectivity index (χ4n) is 3.57. The van der Waals surface area contributed by atoms with Gasteiger partial charge in [-0.2, -0.15) is 0 Å². The molecule has 6 nitrogen and oxygen atoms in total. The number of hydrogen-bond acceptors (Lipinski definition) is 5. The van der Waals surface area contributed by atoms with Crippen LogP contribution in [0.1, 0.15) is 46.3 Å². The molecule has 1 fully saturated rings. The summed E-state index contributed by atoms with van der Waals surface area (Å²) in [6, 6.07) is 7.65. The smallest absolute Gasteiger partial charge is 0.255 e. The summed E-state index contributed by atoms with van der Waals surface area (Å²) in [4.78, 5) is 32.5. The number of pyridine rings is 2. The van der Waals surface area contributed by atoms with Crippen molar-refractivity contribution in [2.45, 2.75) is 32.6 Å². The van der Waals surface area contributed by atoms with E-state index < -0.39 is 0 Å². The molecule has 0 saturated carbocycles. The van der Waals surface area contributed by atoms with Crippen LogP contribution in [0.15, 0.2) is 36.7 Å². The zero-order chi connectivity index (χ0) is 18.1. The first-order chi connectivity index (χ1) is 12.6. The third kappa shape index (κ3) is 3.14. The van der Waals surface area contributed by atoms with Crippen molar-refractivity contribution in [1.29, 1.82) is 0 Å². The molecule has 3 aromatic heterocycles. The van der Waals surface area contributed by atoms with Crippen LogP contribution in [0.5, 0.6) is 0 Å². The van der Waals surface area contributed by atoms with Gasteiger partial charge >= 0.3 is 0 Å². The van der Waals surface area contributed by atoms with Gasteiger partial charge in [0.1, 0.15) is 5.82 Å². The second-order valence-electron chi connectivity index (χ2n) is 6.81.